The molecule has 0 saturated carbocycles. The maximum absolute atomic E-state index is 13.2. The molecule has 2 N–H and O–H groups in total. The minimum Gasteiger partial charge on any atom is -0.365 e. The van der Waals surface area contributed by atoms with Crippen LogP contribution < -0.4 is 5.73 Å². The first-order chi connectivity index (χ1) is 8.60. The summed E-state index contributed by atoms with van der Waals surface area (Å²) < 4.78 is 18.4. The van der Waals surface area contributed by atoms with E-state index in [-0.39, 0.29) is 24.4 Å². The summed E-state index contributed by atoms with van der Waals surface area (Å²) in [5.41, 5.74) is 7.04. The topological polar surface area (TPSA) is 55.6 Å². The molecular formula is C13H17FN2O2. The maximum atomic E-state index is 13.2. The standard InChI is InChI=1S/C13H17FN2O2/c1-9-4-10(2-3-12(9)14)6-16-7-11(5-15)18-8-13(16)17/h2-4,11H,5-8,15H2,1H3. The van der Waals surface area contributed by atoms with Gasteiger partial charge in [-0.05, 0) is 24.1 Å². The molecule has 18 heavy (non-hydrogen) atoms. The fourth-order valence-electron chi connectivity index (χ4n) is 2.00. The Bertz CT molecular complexity index is 451. The number of amides is 1. The highest BCUT2D eigenvalue weighted by atomic mass is 19.1. The van der Waals surface area contributed by atoms with E-state index in [4.69, 9.17) is 10.5 Å². The van der Waals surface area contributed by atoms with Crippen molar-refractivity contribution in [1.82, 2.24) is 4.90 Å². The summed E-state index contributed by atoms with van der Waals surface area (Å²) >= 11 is 0. The number of morpholine rings is 1. The molecule has 1 amide bonds. The van der Waals surface area contributed by atoms with Crippen LogP contribution in [0.5, 0.6) is 0 Å². The number of nitrogens with zero attached hydrogens (tertiary/aromatic N) is 1. The van der Waals surface area contributed by atoms with Crippen molar-refractivity contribution in [3.8, 4) is 0 Å². The van der Waals surface area contributed by atoms with Gasteiger partial charge in [-0.3, -0.25) is 4.79 Å². The second-order valence-electron chi connectivity index (χ2n) is 4.53. The summed E-state index contributed by atoms with van der Waals surface area (Å²) in [6, 6.07) is 4.88. The summed E-state index contributed by atoms with van der Waals surface area (Å²) in [7, 11) is 0. The lowest BCUT2D eigenvalue weighted by Gasteiger charge is -2.32. The molecule has 98 valence electrons. The van der Waals surface area contributed by atoms with Gasteiger partial charge in [-0.1, -0.05) is 12.1 Å². The number of carbonyl (C=O) groups excluding carboxylic acids is 1. The molecule has 4 nitrogen and oxygen atoms in total. The third-order valence-corrected chi connectivity index (χ3v) is 3.08. The van der Waals surface area contributed by atoms with Crippen molar-refractivity contribution in [3.63, 3.8) is 0 Å². The predicted molar refractivity (Wildman–Crippen MR) is 65.3 cm³/mol. The van der Waals surface area contributed by atoms with Crippen molar-refractivity contribution >= 4 is 5.91 Å². The predicted octanol–water partition coefficient (Wildman–Crippen LogP) is 0.820. The second-order valence-corrected chi connectivity index (χ2v) is 4.53. The van der Waals surface area contributed by atoms with E-state index in [0.717, 1.165) is 5.56 Å². The minimum absolute atomic E-state index is 0.0540. The zero-order valence-electron chi connectivity index (χ0n) is 10.4. The molecule has 0 aromatic heterocycles. The highest BCUT2D eigenvalue weighted by Crippen LogP contribution is 2.14. The summed E-state index contributed by atoms with van der Waals surface area (Å²) in [5.74, 6) is -0.284. The molecule has 0 bridgehead atoms. The van der Waals surface area contributed by atoms with Gasteiger partial charge < -0.3 is 15.4 Å². The molecule has 1 unspecified atom stereocenters. The van der Waals surface area contributed by atoms with Crippen molar-refractivity contribution < 1.29 is 13.9 Å². The van der Waals surface area contributed by atoms with Crippen molar-refractivity contribution in [2.75, 3.05) is 19.7 Å². The number of rotatable bonds is 3. The number of nitrogens with two attached hydrogens (primary N) is 1. The molecule has 0 aliphatic carbocycles. The number of halogens is 1. The highest BCUT2D eigenvalue weighted by Gasteiger charge is 2.25. The van der Waals surface area contributed by atoms with Crippen molar-refractivity contribution in [2.45, 2.75) is 19.6 Å². The summed E-state index contributed by atoms with van der Waals surface area (Å²) in [4.78, 5) is 13.4. The van der Waals surface area contributed by atoms with E-state index in [1.165, 1.54) is 6.07 Å². The first-order valence-electron chi connectivity index (χ1n) is 5.94. The van der Waals surface area contributed by atoms with Crippen molar-refractivity contribution in [1.29, 1.82) is 0 Å². The van der Waals surface area contributed by atoms with Crippen LogP contribution in [-0.4, -0.2) is 36.6 Å². The molecule has 1 aliphatic rings. The largest absolute Gasteiger partial charge is 0.365 e. The smallest absolute Gasteiger partial charge is 0.248 e. The molecule has 0 radical (unpaired) electrons. The molecular weight excluding hydrogens is 235 g/mol. The number of hydrogen-bond acceptors (Lipinski definition) is 3. The molecule has 1 aromatic carbocycles. The molecule has 1 heterocycles. The zero-order chi connectivity index (χ0) is 13.1. The van der Waals surface area contributed by atoms with Gasteiger partial charge in [0.15, 0.2) is 0 Å². The van der Waals surface area contributed by atoms with Gasteiger partial charge in [0.1, 0.15) is 12.4 Å². The van der Waals surface area contributed by atoms with Crippen molar-refractivity contribution in [3.05, 3.63) is 35.1 Å². The number of ether oxygens (including phenoxy) is 1. The number of benzene rings is 1. The Hall–Kier alpha value is -1.46. The van der Waals surface area contributed by atoms with Gasteiger partial charge in [-0.15, -0.1) is 0 Å². The summed E-state index contributed by atoms with van der Waals surface area (Å²) in [6.07, 6.45) is -0.107. The third-order valence-electron chi connectivity index (χ3n) is 3.08. The van der Waals surface area contributed by atoms with Gasteiger partial charge in [-0.25, -0.2) is 4.39 Å². The van der Waals surface area contributed by atoms with Crippen LogP contribution in [0.25, 0.3) is 0 Å². The van der Waals surface area contributed by atoms with Gasteiger partial charge in [0, 0.05) is 19.6 Å². The van der Waals surface area contributed by atoms with Gasteiger partial charge in [0.2, 0.25) is 5.91 Å². The Labute approximate surface area is 106 Å². The van der Waals surface area contributed by atoms with Crippen molar-refractivity contribution in [2.24, 2.45) is 5.73 Å². The SMILES string of the molecule is Cc1cc(CN2CC(CN)OCC2=O)ccc1F. The molecule has 1 aromatic rings. The molecule has 2 rings (SSSR count). The summed E-state index contributed by atoms with van der Waals surface area (Å²) in [6.45, 7) is 3.14. The van der Waals surface area contributed by atoms with Gasteiger partial charge in [-0.2, -0.15) is 0 Å². The van der Waals surface area contributed by atoms with Gasteiger partial charge in [0.05, 0.1) is 6.10 Å². The monoisotopic (exact) mass is 252 g/mol. The van der Waals surface area contributed by atoms with E-state index in [0.29, 0.717) is 25.2 Å². The van der Waals surface area contributed by atoms with Crippen LogP contribution in [0.15, 0.2) is 18.2 Å². The molecule has 1 fully saturated rings. The van der Waals surface area contributed by atoms with E-state index in [9.17, 15) is 9.18 Å². The lowest BCUT2D eigenvalue weighted by atomic mass is 10.1. The Morgan fingerprint density at radius 2 is 2.33 bits per heavy atom. The van der Waals surface area contributed by atoms with Crippen LogP contribution in [0.1, 0.15) is 11.1 Å². The first kappa shape index (κ1) is 13.0. The van der Waals surface area contributed by atoms with Crippen LogP contribution in [0.2, 0.25) is 0 Å². The zero-order valence-corrected chi connectivity index (χ0v) is 10.4. The normalized spacial score (nSPS) is 20.3. The Kier molecular flexibility index (Phi) is 3.93. The van der Waals surface area contributed by atoms with Crippen LogP contribution >= 0.6 is 0 Å². The first-order valence-corrected chi connectivity index (χ1v) is 5.94. The molecule has 1 aliphatic heterocycles. The summed E-state index contributed by atoms with van der Waals surface area (Å²) in [5, 5.41) is 0. The number of carbonyl (C=O) groups is 1. The lowest BCUT2D eigenvalue weighted by molar-refractivity contribution is -0.149. The molecule has 1 atom stereocenters. The number of hydrogen-bond donors (Lipinski definition) is 1. The van der Waals surface area contributed by atoms with E-state index in [1.807, 2.05) is 0 Å². The van der Waals surface area contributed by atoms with E-state index in [2.05, 4.69) is 0 Å². The van der Waals surface area contributed by atoms with E-state index >= 15 is 0 Å². The van der Waals surface area contributed by atoms with Gasteiger partial charge in [0.25, 0.3) is 0 Å². The minimum atomic E-state index is -0.230. The highest BCUT2D eigenvalue weighted by molar-refractivity contribution is 5.78. The Morgan fingerprint density at radius 3 is 3.00 bits per heavy atom. The van der Waals surface area contributed by atoms with Gasteiger partial charge >= 0.3 is 0 Å². The van der Waals surface area contributed by atoms with Crippen LogP contribution in [0.3, 0.4) is 0 Å². The molecule has 5 heteroatoms. The molecule has 1 saturated heterocycles. The van der Waals surface area contributed by atoms with E-state index < -0.39 is 0 Å². The fraction of sp³-hybridized carbons (Fsp3) is 0.462. The molecule has 0 spiro atoms. The quantitative estimate of drug-likeness (QED) is 0.866. The van der Waals surface area contributed by atoms with E-state index in [1.54, 1.807) is 24.0 Å². The third kappa shape index (κ3) is 2.86. The second kappa shape index (κ2) is 5.46. The average Bonchev–Trinajstić information content (AvgIpc) is 2.36. The Morgan fingerprint density at radius 1 is 1.56 bits per heavy atom. The van der Waals surface area contributed by atoms with Crippen LogP contribution in [0.4, 0.5) is 4.39 Å². The number of aryl methyl sites for hydroxylation is 1. The average molecular weight is 252 g/mol. The Balaban J connectivity index is 2.07. The van der Waals surface area contributed by atoms with Crippen LogP contribution in [-0.2, 0) is 16.1 Å². The fourth-order valence-corrected chi connectivity index (χ4v) is 2.00. The van der Waals surface area contributed by atoms with Crippen LogP contribution in [0, 0.1) is 12.7 Å². The lowest BCUT2D eigenvalue weighted by Crippen LogP contribution is -2.48. The maximum Gasteiger partial charge on any atom is 0.248 e.